The highest BCUT2D eigenvalue weighted by atomic mass is 79.9. The van der Waals surface area contributed by atoms with Crippen molar-refractivity contribution in [3.63, 3.8) is 0 Å². The molecule has 1 saturated heterocycles. The van der Waals surface area contributed by atoms with E-state index in [1.54, 1.807) is 0 Å². The summed E-state index contributed by atoms with van der Waals surface area (Å²) in [5.74, 6) is -1.24. The number of halogens is 5. The van der Waals surface area contributed by atoms with Gasteiger partial charge in [-0.1, -0.05) is 15.9 Å². The fourth-order valence-electron chi connectivity index (χ4n) is 2.48. The van der Waals surface area contributed by atoms with Crippen molar-refractivity contribution < 1.29 is 13.2 Å². The van der Waals surface area contributed by atoms with Crippen molar-refractivity contribution in [2.45, 2.75) is 12.5 Å². The first-order valence-electron chi connectivity index (χ1n) is 6.28. The van der Waals surface area contributed by atoms with Crippen LogP contribution in [0.5, 0.6) is 0 Å². The summed E-state index contributed by atoms with van der Waals surface area (Å²) in [4.78, 5) is 1.94. The standard InChI is InChI=1S/C13H16BrF3N2.ClH/c14-9-7-10(16)13(11(17)8-9)12(1-2-15)19-5-3-18-4-6-19;/h7-8,12,18H,1-6H2;1H/t12-;/m1./s1. The van der Waals surface area contributed by atoms with E-state index in [1.807, 2.05) is 4.90 Å². The summed E-state index contributed by atoms with van der Waals surface area (Å²) in [5, 5.41) is 3.17. The average molecular weight is 374 g/mol. The van der Waals surface area contributed by atoms with Gasteiger partial charge < -0.3 is 5.32 Å². The lowest BCUT2D eigenvalue weighted by molar-refractivity contribution is 0.151. The molecule has 0 radical (unpaired) electrons. The molecule has 1 atom stereocenters. The fraction of sp³-hybridized carbons (Fsp3) is 0.538. The summed E-state index contributed by atoms with van der Waals surface area (Å²) < 4.78 is 41.1. The molecule has 0 amide bonds. The minimum absolute atomic E-state index is 0. The van der Waals surface area contributed by atoms with Gasteiger partial charge in [-0.25, -0.2) is 8.78 Å². The van der Waals surface area contributed by atoms with E-state index in [1.165, 1.54) is 12.1 Å². The molecule has 7 heteroatoms. The summed E-state index contributed by atoms with van der Waals surface area (Å²) in [7, 11) is 0. The highest BCUT2D eigenvalue weighted by Crippen LogP contribution is 2.31. The maximum atomic E-state index is 14.0. The minimum Gasteiger partial charge on any atom is -0.314 e. The Labute approximate surface area is 131 Å². The van der Waals surface area contributed by atoms with E-state index >= 15 is 0 Å². The van der Waals surface area contributed by atoms with Crippen LogP contribution >= 0.6 is 28.3 Å². The number of alkyl halides is 1. The van der Waals surface area contributed by atoms with E-state index in [4.69, 9.17) is 0 Å². The molecule has 0 saturated carbocycles. The van der Waals surface area contributed by atoms with Crippen molar-refractivity contribution in [3.05, 3.63) is 33.8 Å². The normalized spacial score (nSPS) is 17.6. The predicted octanol–water partition coefficient (Wildman–Crippen LogP) is 3.46. The van der Waals surface area contributed by atoms with Crippen molar-refractivity contribution in [2.75, 3.05) is 32.9 Å². The summed E-state index contributed by atoms with van der Waals surface area (Å²) in [5.41, 5.74) is -0.0252. The number of benzene rings is 1. The number of nitrogens with zero attached hydrogens (tertiary/aromatic N) is 1. The smallest absolute Gasteiger partial charge is 0.132 e. The first-order valence-corrected chi connectivity index (χ1v) is 7.08. The molecule has 114 valence electrons. The van der Waals surface area contributed by atoms with Crippen molar-refractivity contribution >= 4 is 28.3 Å². The molecule has 1 N–H and O–H groups in total. The Morgan fingerprint density at radius 3 is 2.25 bits per heavy atom. The summed E-state index contributed by atoms with van der Waals surface area (Å²) in [6.45, 7) is 2.24. The Kier molecular flexibility index (Phi) is 7.29. The van der Waals surface area contributed by atoms with Gasteiger partial charge in [0.15, 0.2) is 0 Å². The number of hydrogen-bond donors (Lipinski definition) is 1. The van der Waals surface area contributed by atoms with E-state index in [9.17, 15) is 13.2 Å². The van der Waals surface area contributed by atoms with Crippen LogP contribution in [-0.4, -0.2) is 37.8 Å². The molecule has 1 aromatic carbocycles. The zero-order valence-electron chi connectivity index (χ0n) is 10.8. The Morgan fingerprint density at radius 1 is 1.20 bits per heavy atom. The molecular formula is C13H17BrClF3N2. The van der Waals surface area contributed by atoms with Gasteiger partial charge in [-0.2, -0.15) is 0 Å². The Morgan fingerprint density at radius 2 is 1.75 bits per heavy atom. The molecule has 2 nitrogen and oxygen atoms in total. The molecule has 1 fully saturated rings. The molecule has 0 aliphatic carbocycles. The van der Waals surface area contributed by atoms with E-state index in [2.05, 4.69) is 21.2 Å². The third kappa shape index (κ3) is 4.10. The third-order valence-electron chi connectivity index (χ3n) is 3.35. The van der Waals surface area contributed by atoms with Crippen molar-refractivity contribution in [1.82, 2.24) is 10.2 Å². The van der Waals surface area contributed by atoms with Gasteiger partial charge in [-0.3, -0.25) is 9.29 Å². The number of nitrogens with one attached hydrogen (secondary N) is 1. The molecule has 2 rings (SSSR count). The second-order valence-corrected chi connectivity index (χ2v) is 5.48. The summed E-state index contributed by atoms with van der Waals surface area (Å²) in [6.07, 6.45) is 0.107. The average Bonchev–Trinajstić information content (AvgIpc) is 2.37. The van der Waals surface area contributed by atoms with Gasteiger partial charge in [0.05, 0.1) is 6.67 Å². The van der Waals surface area contributed by atoms with Crippen LogP contribution in [-0.2, 0) is 0 Å². The highest BCUT2D eigenvalue weighted by molar-refractivity contribution is 9.10. The van der Waals surface area contributed by atoms with E-state index in [0.717, 1.165) is 13.1 Å². The van der Waals surface area contributed by atoms with Gasteiger partial charge >= 0.3 is 0 Å². The molecule has 0 spiro atoms. The molecule has 1 heterocycles. The molecule has 1 aliphatic rings. The second-order valence-electron chi connectivity index (χ2n) is 4.56. The van der Waals surface area contributed by atoms with Crippen LogP contribution in [0, 0.1) is 11.6 Å². The van der Waals surface area contributed by atoms with Crippen LogP contribution in [0.3, 0.4) is 0 Å². The fourth-order valence-corrected chi connectivity index (χ4v) is 2.88. The van der Waals surface area contributed by atoms with Crippen molar-refractivity contribution in [3.8, 4) is 0 Å². The topological polar surface area (TPSA) is 15.3 Å². The van der Waals surface area contributed by atoms with Crippen molar-refractivity contribution in [2.24, 2.45) is 0 Å². The van der Waals surface area contributed by atoms with Crippen LogP contribution in [0.4, 0.5) is 13.2 Å². The zero-order chi connectivity index (χ0) is 13.8. The highest BCUT2D eigenvalue weighted by Gasteiger charge is 2.27. The quantitative estimate of drug-likeness (QED) is 0.869. The largest absolute Gasteiger partial charge is 0.314 e. The summed E-state index contributed by atoms with van der Waals surface area (Å²) in [6, 6.07) is 1.91. The monoisotopic (exact) mass is 372 g/mol. The van der Waals surface area contributed by atoms with Gasteiger partial charge in [0, 0.05) is 42.3 Å². The lowest BCUT2D eigenvalue weighted by atomic mass is 10.0. The Bertz CT molecular complexity index is 419. The molecule has 20 heavy (non-hydrogen) atoms. The number of piperazine rings is 1. The van der Waals surface area contributed by atoms with Gasteiger partial charge in [0.1, 0.15) is 11.6 Å². The van der Waals surface area contributed by atoms with Crippen LogP contribution in [0.15, 0.2) is 16.6 Å². The Hall–Kier alpha value is -0.300. The number of rotatable bonds is 4. The van der Waals surface area contributed by atoms with Crippen LogP contribution in [0.2, 0.25) is 0 Å². The maximum absolute atomic E-state index is 14.0. The first-order chi connectivity index (χ1) is 9.13. The van der Waals surface area contributed by atoms with Gasteiger partial charge in [-0.05, 0) is 18.6 Å². The first kappa shape index (κ1) is 17.8. The third-order valence-corrected chi connectivity index (χ3v) is 3.81. The van der Waals surface area contributed by atoms with Crippen LogP contribution in [0.1, 0.15) is 18.0 Å². The second kappa shape index (κ2) is 8.22. The van der Waals surface area contributed by atoms with E-state index < -0.39 is 24.4 Å². The van der Waals surface area contributed by atoms with Crippen LogP contribution in [0.25, 0.3) is 0 Å². The predicted molar refractivity (Wildman–Crippen MR) is 79.1 cm³/mol. The lowest BCUT2D eigenvalue weighted by Crippen LogP contribution is -2.45. The van der Waals surface area contributed by atoms with Crippen LogP contribution < -0.4 is 5.32 Å². The van der Waals surface area contributed by atoms with Gasteiger partial charge in [-0.15, -0.1) is 12.4 Å². The SMILES string of the molecule is Cl.FCC[C@H](c1c(F)cc(Br)cc1F)N1CCNCC1. The van der Waals surface area contributed by atoms with E-state index in [-0.39, 0.29) is 24.4 Å². The molecule has 0 aromatic heterocycles. The Balaban J connectivity index is 0.00000200. The minimum atomic E-state index is -0.621. The molecule has 0 bridgehead atoms. The maximum Gasteiger partial charge on any atom is 0.132 e. The molecular weight excluding hydrogens is 357 g/mol. The lowest BCUT2D eigenvalue weighted by Gasteiger charge is -2.35. The van der Waals surface area contributed by atoms with Gasteiger partial charge in [0.2, 0.25) is 0 Å². The summed E-state index contributed by atoms with van der Waals surface area (Å²) >= 11 is 3.05. The number of hydrogen-bond acceptors (Lipinski definition) is 2. The van der Waals surface area contributed by atoms with E-state index in [0.29, 0.717) is 17.6 Å². The van der Waals surface area contributed by atoms with Crippen molar-refractivity contribution in [1.29, 1.82) is 0 Å². The molecule has 1 aliphatic heterocycles. The van der Waals surface area contributed by atoms with Gasteiger partial charge in [0.25, 0.3) is 0 Å². The molecule has 1 aromatic rings. The molecule has 0 unspecified atom stereocenters. The zero-order valence-corrected chi connectivity index (χ0v) is 13.2.